The van der Waals surface area contributed by atoms with Crippen LogP contribution in [0.5, 0.6) is 11.5 Å². The van der Waals surface area contributed by atoms with Crippen LogP contribution in [0.3, 0.4) is 0 Å². The van der Waals surface area contributed by atoms with Crippen molar-refractivity contribution in [3.8, 4) is 11.5 Å². The Hall–Kier alpha value is -3.00. The Balaban J connectivity index is 1.38. The second kappa shape index (κ2) is 9.24. The molecule has 0 saturated heterocycles. The maximum atomic E-state index is 13.3. The first-order chi connectivity index (χ1) is 15.7. The Morgan fingerprint density at radius 2 is 1.84 bits per heavy atom. The van der Waals surface area contributed by atoms with Gasteiger partial charge in [-0.15, -0.1) is 0 Å². The molecule has 8 heteroatoms. The molecular formula is C24H25N3O4S. The number of carbonyl (C=O) groups is 1. The molecule has 7 nitrogen and oxygen atoms in total. The largest absolute Gasteiger partial charge is 0.486 e. The number of benzene rings is 2. The van der Waals surface area contributed by atoms with Gasteiger partial charge in [-0.2, -0.15) is 0 Å². The number of rotatable bonds is 6. The minimum Gasteiger partial charge on any atom is -0.486 e. The van der Waals surface area contributed by atoms with E-state index in [1.54, 1.807) is 10.6 Å². The van der Waals surface area contributed by atoms with Crippen LogP contribution in [0, 0.1) is 0 Å². The highest BCUT2D eigenvalue weighted by atomic mass is 32.2. The van der Waals surface area contributed by atoms with E-state index in [1.165, 1.54) is 11.8 Å². The Kier molecular flexibility index (Phi) is 6.03. The molecule has 1 fully saturated rings. The SMILES string of the molecule is O=C(CSc1nc2ccccc2c(=O)n1CC1COc2ccccc2O1)NC1CCCC1. The zero-order valence-electron chi connectivity index (χ0n) is 17.7. The molecule has 2 aromatic carbocycles. The quantitative estimate of drug-likeness (QED) is 0.457. The first-order valence-corrected chi connectivity index (χ1v) is 12.0. The Bertz CT molecular complexity index is 1190. The van der Waals surface area contributed by atoms with Gasteiger partial charge in [-0.05, 0) is 37.1 Å². The summed E-state index contributed by atoms with van der Waals surface area (Å²) in [7, 11) is 0. The lowest BCUT2D eigenvalue weighted by Gasteiger charge is -2.27. The van der Waals surface area contributed by atoms with Crippen LogP contribution >= 0.6 is 11.8 Å². The summed E-state index contributed by atoms with van der Waals surface area (Å²) in [6.07, 6.45) is 4.07. The normalized spacial score (nSPS) is 18.1. The van der Waals surface area contributed by atoms with Gasteiger partial charge in [-0.1, -0.05) is 48.9 Å². The number of hydrogen-bond acceptors (Lipinski definition) is 6. The highest BCUT2D eigenvalue weighted by molar-refractivity contribution is 7.99. The second-order valence-corrected chi connectivity index (χ2v) is 9.10. The lowest BCUT2D eigenvalue weighted by molar-refractivity contribution is -0.119. The number of nitrogens with one attached hydrogen (secondary N) is 1. The summed E-state index contributed by atoms with van der Waals surface area (Å²) in [5, 5.41) is 4.15. The molecule has 166 valence electrons. The molecule has 2 heterocycles. The summed E-state index contributed by atoms with van der Waals surface area (Å²) < 4.78 is 13.5. The van der Waals surface area contributed by atoms with Crippen molar-refractivity contribution in [2.75, 3.05) is 12.4 Å². The minimum absolute atomic E-state index is 0.0259. The smallest absolute Gasteiger partial charge is 0.262 e. The predicted molar refractivity (Wildman–Crippen MR) is 123 cm³/mol. The summed E-state index contributed by atoms with van der Waals surface area (Å²) in [6, 6.07) is 15.0. The number of para-hydroxylation sites is 3. The van der Waals surface area contributed by atoms with E-state index < -0.39 is 0 Å². The molecule has 3 aromatic rings. The number of nitrogens with zero attached hydrogens (tertiary/aromatic N) is 2. The Morgan fingerprint density at radius 3 is 2.69 bits per heavy atom. The number of thioether (sulfide) groups is 1. The van der Waals surface area contributed by atoms with Crippen molar-refractivity contribution in [1.29, 1.82) is 0 Å². The number of hydrogen-bond donors (Lipinski definition) is 1. The first-order valence-electron chi connectivity index (χ1n) is 11.0. The maximum Gasteiger partial charge on any atom is 0.262 e. The lowest BCUT2D eigenvalue weighted by Crippen LogP contribution is -2.38. The summed E-state index contributed by atoms with van der Waals surface area (Å²) in [4.78, 5) is 30.5. The predicted octanol–water partition coefficient (Wildman–Crippen LogP) is 3.39. The van der Waals surface area contributed by atoms with Gasteiger partial charge in [-0.25, -0.2) is 4.98 Å². The van der Waals surface area contributed by atoms with Crippen molar-refractivity contribution in [2.45, 2.75) is 49.5 Å². The van der Waals surface area contributed by atoms with Crippen LogP contribution in [0.15, 0.2) is 58.5 Å². The van der Waals surface area contributed by atoms with Gasteiger partial charge in [-0.3, -0.25) is 14.2 Å². The second-order valence-electron chi connectivity index (χ2n) is 8.16. The van der Waals surface area contributed by atoms with E-state index in [0.29, 0.717) is 34.2 Å². The summed E-state index contributed by atoms with van der Waals surface area (Å²) in [5.41, 5.74) is 0.482. The van der Waals surface area contributed by atoms with E-state index in [9.17, 15) is 9.59 Å². The molecule has 0 spiro atoms. The number of amides is 1. The highest BCUT2D eigenvalue weighted by Gasteiger charge is 2.24. The summed E-state index contributed by atoms with van der Waals surface area (Å²) >= 11 is 1.29. The molecule has 1 amide bonds. The van der Waals surface area contributed by atoms with Crippen molar-refractivity contribution < 1.29 is 14.3 Å². The number of fused-ring (bicyclic) bond motifs is 2. The molecule has 5 rings (SSSR count). The zero-order chi connectivity index (χ0) is 21.9. The number of ether oxygens (including phenoxy) is 2. The highest BCUT2D eigenvalue weighted by Crippen LogP contribution is 2.31. The van der Waals surface area contributed by atoms with Crippen molar-refractivity contribution in [1.82, 2.24) is 14.9 Å². The van der Waals surface area contributed by atoms with Crippen LogP contribution in [0.2, 0.25) is 0 Å². The van der Waals surface area contributed by atoms with Crippen LogP contribution in [-0.4, -0.2) is 40.0 Å². The third-order valence-corrected chi connectivity index (χ3v) is 6.81. The van der Waals surface area contributed by atoms with Gasteiger partial charge >= 0.3 is 0 Å². The third kappa shape index (κ3) is 4.46. The topological polar surface area (TPSA) is 82.5 Å². The molecule has 0 bridgehead atoms. The molecule has 1 aromatic heterocycles. The van der Waals surface area contributed by atoms with E-state index in [1.807, 2.05) is 42.5 Å². The fourth-order valence-electron chi connectivity index (χ4n) is 4.25. The van der Waals surface area contributed by atoms with Crippen molar-refractivity contribution >= 4 is 28.6 Å². The van der Waals surface area contributed by atoms with Crippen LogP contribution in [0.1, 0.15) is 25.7 Å². The monoisotopic (exact) mass is 451 g/mol. The van der Waals surface area contributed by atoms with Crippen LogP contribution in [-0.2, 0) is 11.3 Å². The van der Waals surface area contributed by atoms with Gasteiger partial charge in [0, 0.05) is 6.04 Å². The molecule has 0 radical (unpaired) electrons. The van der Waals surface area contributed by atoms with Crippen LogP contribution in [0.4, 0.5) is 0 Å². The van der Waals surface area contributed by atoms with Crippen molar-refractivity contribution in [3.05, 3.63) is 58.9 Å². The van der Waals surface area contributed by atoms with Crippen LogP contribution < -0.4 is 20.3 Å². The average molecular weight is 452 g/mol. The minimum atomic E-state index is -0.336. The third-order valence-electron chi connectivity index (χ3n) is 5.83. The van der Waals surface area contributed by atoms with E-state index in [0.717, 1.165) is 25.7 Å². The van der Waals surface area contributed by atoms with Gasteiger partial charge in [0.2, 0.25) is 5.91 Å². The van der Waals surface area contributed by atoms with Crippen LogP contribution in [0.25, 0.3) is 10.9 Å². The average Bonchev–Trinajstić information content (AvgIpc) is 3.33. The first kappa shape index (κ1) is 20.9. The van der Waals surface area contributed by atoms with Gasteiger partial charge in [0.15, 0.2) is 22.8 Å². The zero-order valence-corrected chi connectivity index (χ0v) is 18.5. The molecule has 1 aliphatic heterocycles. The van der Waals surface area contributed by atoms with E-state index in [-0.39, 0.29) is 35.9 Å². The summed E-state index contributed by atoms with van der Waals surface area (Å²) in [6.45, 7) is 0.625. The Labute approximate surface area is 190 Å². The van der Waals surface area contributed by atoms with Gasteiger partial charge in [0.05, 0.1) is 23.2 Å². The Morgan fingerprint density at radius 1 is 1.09 bits per heavy atom. The van der Waals surface area contributed by atoms with E-state index in [2.05, 4.69) is 5.32 Å². The lowest BCUT2D eigenvalue weighted by atomic mass is 10.2. The molecular weight excluding hydrogens is 426 g/mol. The van der Waals surface area contributed by atoms with E-state index >= 15 is 0 Å². The van der Waals surface area contributed by atoms with Crippen molar-refractivity contribution in [2.24, 2.45) is 0 Å². The van der Waals surface area contributed by atoms with Gasteiger partial charge in [0.1, 0.15) is 6.61 Å². The molecule has 1 aliphatic carbocycles. The molecule has 1 unspecified atom stereocenters. The fraction of sp³-hybridized carbons (Fsp3) is 0.375. The van der Waals surface area contributed by atoms with E-state index in [4.69, 9.17) is 14.5 Å². The number of carbonyl (C=O) groups excluding carboxylic acids is 1. The molecule has 32 heavy (non-hydrogen) atoms. The fourth-order valence-corrected chi connectivity index (χ4v) is 5.06. The standard InChI is InChI=1S/C24H25N3O4S/c28-22(25-16-7-1-2-8-16)15-32-24-26-19-10-4-3-9-18(19)23(29)27(24)13-17-14-30-20-11-5-6-12-21(20)31-17/h3-6,9-12,16-17H,1-2,7-8,13-15H2,(H,25,28). The molecule has 1 N–H and O–H groups in total. The molecule has 1 atom stereocenters. The summed E-state index contributed by atoms with van der Waals surface area (Å²) in [5.74, 6) is 1.55. The molecule has 1 saturated carbocycles. The van der Waals surface area contributed by atoms with Gasteiger partial charge < -0.3 is 14.8 Å². The maximum absolute atomic E-state index is 13.3. The van der Waals surface area contributed by atoms with Gasteiger partial charge in [0.25, 0.3) is 5.56 Å². The number of aromatic nitrogens is 2. The van der Waals surface area contributed by atoms with Crippen molar-refractivity contribution in [3.63, 3.8) is 0 Å². The molecule has 2 aliphatic rings.